The van der Waals surface area contributed by atoms with Gasteiger partial charge < -0.3 is 9.73 Å². The zero-order chi connectivity index (χ0) is 21.4. The lowest BCUT2D eigenvalue weighted by Gasteiger charge is -2.11. The molecule has 0 fully saturated rings. The first kappa shape index (κ1) is 19.6. The summed E-state index contributed by atoms with van der Waals surface area (Å²) in [6.45, 7) is 2.01. The van der Waals surface area contributed by atoms with E-state index in [2.05, 4.69) is 5.32 Å². The molecule has 1 aromatic heterocycles. The van der Waals surface area contributed by atoms with Gasteiger partial charge in [-0.25, -0.2) is 13.6 Å². The number of nitrogens with zero attached hydrogens (tertiary/aromatic N) is 1. The van der Waals surface area contributed by atoms with Gasteiger partial charge in [0.25, 0.3) is 5.91 Å². The van der Waals surface area contributed by atoms with E-state index in [4.69, 9.17) is 4.42 Å². The van der Waals surface area contributed by atoms with Gasteiger partial charge in [0.15, 0.2) is 5.58 Å². The number of rotatable bonds is 4. The van der Waals surface area contributed by atoms with Gasteiger partial charge in [0.1, 0.15) is 17.2 Å². The summed E-state index contributed by atoms with van der Waals surface area (Å²) in [5.41, 5.74) is 3.77. The Kier molecular flexibility index (Phi) is 4.95. The molecule has 7 heteroatoms. The highest BCUT2D eigenvalue weighted by Gasteiger charge is 2.17. The molecule has 152 valence electrons. The Hall–Kier alpha value is -3.74. The molecule has 30 heavy (non-hydrogen) atoms. The minimum Gasteiger partial charge on any atom is -0.408 e. The molecule has 0 saturated carbocycles. The molecule has 4 rings (SSSR count). The third kappa shape index (κ3) is 3.39. The van der Waals surface area contributed by atoms with Crippen molar-refractivity contribution < 1.29 is 18.0 Å². The first-order chi connectivity index (χ1) is 14.4. The number of nitrogens with one attached hydrogen (secondary N) is 1. The predicted octanol–water partition coefficient (Wildman–Crippen LogP) is 4.89. The number of aromatic nitrogens is 1. The number of carbonyl (C=O) groups is 1. The first-order valence-corrected chi connectivity index (χ1v) is 9.37. The molecule has 0 atom stereocenters. The molecule has 0 aliphatic rings. The summed E-state index contributed by atoms with van der Waals surface area (Å²) in [5.74, 6) is -3.13. The van der Waals surface area contributed by atoms with E-state index < -0.39 is 28.9 Å². The standard InChI is InChI=1S/C23H18F2N2O3/c1-3-13-11-19-20(30-23(29)27(19)2)12-16(13)14-7-9-15(10-8-14)26-22(28)21-17(24)5-4-6-18(21)25/h4-12H,3H2,1-2H3,(H,26,28). The van der Waals surface area contributed by atoms with E-state index in [0.717, 1.165) is 40.8 Å². The van der Waals surface area contributed by atoms with Crippen molar-refractivity contribution in [2.45, 2.75) is 13.3 Å². The molecule has 0 aliphatic carbocycles. The third-order valence-electron chi connectivity index (χ3n) is 5.04. The van der Waals surface area contributed by atoms with Crippen LogP contribution in [0, 0.1) is 11.6 Å². The van der Waals surface area contributed by atoms with E-state index in [9.17, 15) is 18.4 Å². The van der Waals surface area contributed by atoms with Gasteiger partial charge in [-0.15, -0.1) is 0 Å². The molecule has 0 saturated heterocycles. The Labute approximate surface area is 170 Å². The van der Waals surface area contributed by atoms with Crippen molar-refractivity contribution in [2.24, 2.45) is 7.05 Å². The number of halogens is 2. The van der Waals surface area contributed by atoms with Gasteiger partial charge in [-0.05, 0) is 59.5 Å². The maximum atomic E-state index is 13.8. The summed E-state index contributed by atoms with van der Waals surface area (Å²) in [7, 11) is 1.66. The molecule has 1 N–H and O–H groups in total. The van der Waals surface area contributed by atoms with E-state index in [-0.39, 0.29) is 0 Å². The summed E-state index contributed by atoms with van der Waals surface area (Å²) < 4.78 is 34.3. The number of carbonyl (C=O) groups excluding carboxylic acids is 1. The molecule has 0 bridgehead atoms. The Morgan fingerprint density at radius 2 is 1.73 bits per heavy atom. The van der Waals surface area contributed by atoms with Crippen LogP contribution >= 0.6 is 0 Å². The molecule has 4 aromatic rings. The number of hydrogen-bond acceptors (Lipinski definition) is 3. The minimum atomic E-state index is -0.922. The molecular weight excluding hydrogens is 390 g/mol. The smallest absolute Gasteiger partial charge is 0.408 e. The van der Waals surface area contributed by atoms with E-state index in [0.29, 0.717) is 11.3 Å². The second kappa shape index (κ2) is 7.59. The SMILES string of the molecule is CCc1cc2c(cc1-c1ccc(NC(=O)c3c(F)cccc3F)cc1)oc(=O)n2C. The van der Waals surface area contributed by atoms with Gasteiger partial charge in [0, 0.05) is 12.7 Å². The fourth-order valence-electron chi connectivity index (χ4n) is 3.42. The highest BCUT2D eigenvalue weighted by molar-refractivity contribution is 6.04. The lowest BCUT2D eigenvalue weighted by atomic mass is 9.97. The number of hydrogen-bond donors (Lipinski definition) is 1. The molecule has 5 nitrogen and oxygen atoms in total. The maximum Gasteiger partial charge on any atom is 0.419 e. The normalized spacial score (nSPS) is 11.1. The highest BCUT2D eigenvalue weighted by Crippen LogP contribution is 2.30. The van der Waals surface area contributed by atoms with Crippen LogP contribution in [0.5, 0.6) is 0 Å². The van der Waals surface area contributed by atoms with E-state index in [1.807, 2.05) is 19.1 Å². The van der Waals surface area contributed by atoms with Gasteiger partial charge in [0.05, 0.1) is 5.52 Å². The van der Waals surface area contributed by atoms with E-state index in [1.54, 1.807) is 31.3 Å². The maximum absolute atomic E-state index is 13.8. The van der Waals surface area contributed by atoms with Crippen molar-refractivity contribution in [1.82, 2.24) is 4.57 Å². The fourth-order valence-corrected chi connectivity index (χ4v) is 3.42. The lowest BCUT2D eigenvalue weighted by Crippen LogP contribution is -2.15. The van der Waals surface area contributed by atoms with Crippen LogP contribution in [0.2, 0.25) is 0 Å². The van der Waals surface area contributed by atoms with Crippen LogP contribution in [0.25, 0.3) is 22.2 Å². The van der Waals surface area contributed by atoms with Crippen LogP contribution in [-0.4, -0.2) is 10.5 Å². The number of oxazole rings is 1. The predicted molar refractivity (Wildman–Crippen MR) is 111 cm³/mol. The summed E-state index contributed by atoms with van der Waals surface area (Å²) in [4.78, 5) is 24.1. The van der Waals surface area contributed by atoms with Gasteiger partial charge in [-0.1, -0.05) is 25.1 Å². The number of anilines is 1. The number of amides is 1. The molecule has 0 radical (unpaired) electrons. The third-order valence-corrected chi connectivity index (χ3v) is 5.04. The zero-order valence-corrected chi connectivity index (χ0v) is 16.3. The first-order valence-electron chi connectivity index (χ1n) is 9.37. The number of aryl methyl sites for hydroxylation is 2. The van der Waals surface area contributed by atoms with Crippen LogP contribution in [0.1, 0.15) is 22.8 Å². The lowest BCUT2D eigenvalue weighted by molar-refractivity contribution is 0.101. The molecule has 0 aliphatic heterocycles. The Bertz CT molecular complexity index is 1300. The van der Waals surface area contributed by atoms with Crippen LogP contribution in [0.15, 0.2) is 63.8 Å². The quantitative estimate of drug-likeness (QED) is 0.523. The van der Waals surface area contributed by atoms with Gasteiger partial charge in [0.2, 0.25) is 0 Å². The van der Waals surface area contributed by atoms with Crippen LogP contribution in [0.4, 0.5) is 14.5 Å². The number of benzene rings is 3. The average molecular weight is 408 g/mol. The summed E-state index contributed by atoms with van der Waals surface area (Å²) in [6, 6.07) is 13.9. The van der Waals surface area contributed by atoms with Crippen molar-refractivity contribution in [1.29, 1.82) is 0 Å². The Balaban J connectivity index is 1.65. The second-order valence-electron chi connectivity index (χ2n) is 6.89. The molecule has 1 heterocycles. The zero-order valence-electron chi connectivity index (χ0n) is 16.3. The molecule has 0 spiro atoms. The van der Waals surface area contributed by atoms with Crippen LogP contribution in [0.3, 0.4) is 0 Å². The monoisotopic (exact) mass is 408 g/mol. The fraction of sp³-hybridized carbons (Fsp3) is 0.130. The highest BCUT2D eigenvalue weighted by atomic mass is 19.1. The van der Waals surface area contributed by atoms with Gasteiger partial charge in [-0.3, -0.25) is 9.36 Å². The molecule has 1 amide bonds. The van der Waals surface area contributed by atoms with E-state index >= 15 is 0 Å². The Morgan fingerprint density at radius 1 is 1.07 bits per heavy atom. The molecular formula is C23H18F2N2O3. The van der Waals surface area contributed by atoms with Crippen LogP contribution in [-0.2, 0) is 13.5 Å². The summed E-state index contributed by atoms with van der Waals surface area (Å²) in [6.07, 6.45) is 0.746. The molecule has 0 unspecified atom stereocenters. The van der Waals surface area contributed by atoms with Crippen molar-refractivity contribution in [3.63, 3.8) is 0 Å². The molecule has 3 aromatic carbocycles. The van der Waals surface area contributed by atoms with Crippen LogP contribution < -0.4 is 11.1 Å². The average Bonchev–Trinajstić information content (AvgIpc) is 3.00. The van der Waals surface area contributed by atoms with Crippen molar-refractivity contribution in [3.05, 3.63) is 87.9 Å². The van der Waals surface area contributed by atoms with Gasteiger partial charge in [-0.2, -0.15) is 0 Å². The largest absolute Gasteiger partial charge is 0.419 e. The summed E-state index contributed by atoms with van der Waals surface area (Å²) >= 11 is 0. The second-order valence-corrected chi connectivity index (χ2v) is 6.89. The Morgan fingerprint density at radius 3 is 2.37 bits per heavy atom. The van der Waals surface area contributed by atoms with Crippen molar-refractivity contribution in [3.8, 4) is 11.1 Å². The van der Waals surface area contributed by atoms with E-state index in [1.165, 1.54) is 10.6 Å². The summed E-state index contributed by atoms with van der Waals surface area (Å²) in [5, 5.41) is 2.51. The topological polar surface area (TPSA) is 64.2 Å². The van der Waals surface area contributed by atoms with Gasteiger partial charge >= 0.3 is 5.76 Å². The minimum absolute atomic E-state index is 0.400. The van der Waals surface area contributed by atoms with Crippen molar-refractivity contribution >= 4 is 22.7 Å². The van der Waals surface area contributed by atoms with Crippen molar-refractivity contribution in [2.75, 3.05) is 5.32 Å². The number of fused-ring (bicyclic) bond motifs is 1.